The molecule has 0 aliphatic carbocycles. The van der Waals surface area contributed by atoms with Gasteiger partial charge in [0.15, 0.2) is 0 Å². The fourth-order valence-corrected chi connectivity index (χ4v) is 2.79. The topological polar surface area (TPSA) is 53.7 Å². The molecule has 1 aromatic carbocycles. The molecule has 1 fully saturated rings. The van der Waals surface area contributed by atoms with Gasteiger partial charge in [0.2, 0.25) is 0 Å². The van der Waals surface area contributed by atoms with Crippen molar-refractivity contribution in [1.29, 1.82) is 0 Å². The predicted molar refractivity (Wildman–Crippen MR) is 75.2 cm³/mol. The minimum Gasteiger partial charge on any atom is -0.496 e. The number of rotatable bonds is 5. The average molecular weight is 265 g/mol. The van der Waals surface area contributed by atoms with Crippen molar-refractivity contribution in [1.82, 2.24) is 0 Å². The molecule has 1 aliphatic heterocycles. The van der Waals surface area contributed by atoms with Crippen molar-refractivity contribution in [3.05, 3.63) is 22.8 Å². The second-order valence-electron chi connectivity index (χ2n) is 5.22. The van der Waals surface area contributed by atoms with E-state index in [2.05, 4.69) is 13.0 Å². The maximum absolute atomic E-state index is 5.76. The molecule has 0 spiro atoms. The van der Waals surface area contributed by atoms with Crippen LogP contribution in [0.3, 0.4) is 0 Å². The van der Waals surface area contributed by atoms with Crippen LogP contribution in [0.5, 0.6) is 11.5 Å². The highest BCUT2D eigenvalue weighted by molar-refractivity contribution is 5.56. The molecule has 0 atom stereocenters. The van der Waals surface area contributed by atoms with Gasteiger partial charge in [-0.3, -0.25) is 0 Å². The molecule has 2 N–H and O–H groups in total. The Labute approximate surface area is 114 Å². The zero-order valence-corrected chi connectivity index (χ0v) is 12.2. The Bertz CT molecular complexity index is 467. The lowest BCUT2D eigenvalue weighted by molar-refractivity contribution is -0.0641. The Morgan fingerprint density at radius 1 is 1.21 bits per heavy atom. The van der Waals surface area contributed by atoms with Crippen LogP contribution >= 0.6 is 0 Å². The van der Waals surface area contributed by atoms with E-state index in [1.165, 1.54) is 0 Å². The van der Waals surface area contributed by atoms with Crippen LogP contribution in [0.15, 0.2) is 6.07 Å². The number of hydrogen-bond acceptors (Lipinski definition) is 4. The highest BCUT2D eigenvalue weighted by atomic mass is 16.5. The molecule has 1 saturated heterocycles. The monoisotopic (exact) mass is 265 g/mol. The Morgan fingerprint density at radius 2 is 1.89 bits per heavy atom. The maximum atomic E-state index is 5.76. The van der Waals surface area contributed by atoms with E-state index in [9.17, 15) is 0 Å². The van der Waals surface area contributed by atoms with Gasteiger partial charge in [-0.15, -0.1) is 0 Å². The Kier molecular flexibility index (Phi) is 4.02. The third-order valence-corrected chi connectivity index (χ3v) is 4.17. The highest BCUT2D eigenvalue weighted by Gasteiger charge is 2.42. The second-order valence-corrected chi connectivity index (χ2v) is 5.22. The molecule has 106 valence electrons. The van der Waals surface area contributed by atoms with Crippen molar-refractivity contribution in [2.45, 2.75) is 25.7 Å². The molecule has 19 heavy (non-hydrogen) atoms. The summed E-state index contributed by atoms with van der Waals surface area (Å²) in [6, 6.07) is 2.08. The molecule has 0 unspecified atom stereocenters. The summed E-state index contributed by atoms with van der Waals surface area (Å²) < 4.78 is 16.5. The first-order valence-corrected chi connectivity index (χ1v) is 6.60. The predicted octanol–water partition coefficient (Wildman–Crippen LogP) is 1.94. The van der Waals surface area contributed by atoms with Crippen LogP contribution in [0, 0.1) is 13.8 Å². The van der Waals surface area contributed by atoms with Crippen LogP contribution in [-0.2, 0) is 10.2 Å². The van der Waals surface area contributed by atoms with Gasteiger partial charge in [-0.2, -0.15) is 0 Å². The standard InChI is InChI=1S/C15H23NO3/c1-10-11(2)14(18-4)12(7-13(10)17-3)15(5-6-16)8-19-9-15/h7H,5-6,8-9,16H2,1-4H3. The van der Waals surface area contributed by atoms with Gasteiger partial charge in [0.1, 0.15) is 11.5 Å². The molecular formula is C15H23NO3. The van der Waals surface area contributed by atoms with Crippen molar-refractivity contribution >= 4 is 0 Å². The van der Waals surface area contributed by atoms with Crippen LogP contribution in [0.25, 0.3) is 0 Å². The van der Waals surface area contributed by atoms with E-state index in [-0.39, 0.29) is 5.41 Å². The van der Waals surface area contributed by atoms with E-state index in [1.807, 2.05) is 6.92 Å². The fraction of sp³-hybridized carbons (Fsp3) is 0.600. The van der Waals surface area contributed by atoms with Gasteiger partial charge >= 0.3 is 0 Å². The third-order valence-electron chi connectivity index (χ3n) is 4.17. The zero-order chi connectivity index (χ0) is 14.0. The number of benzene rings is 1. The van der Waals surface area contributed by atoms with Gasteiger partial charge in [-0.1, -0.05) is 0 Å². The van der Waals surface area contributed by atoms with Gasteiger partial charge in [0.25, 0.3) is 0 Å². The summed E-state index contributed by atoms with van der Waals surface area (Å²) in [5.41, 5.74) is 9.14. The van der Waals surface area contributed by atoms with Crippen molar-refractivity contribution in [2.75, 3.05) is 34.0 Å². The first-order chi connectivity index (χ1) is 9.09. The normalized spacial score (nSPS) is 16.9. The van der Waals surface area contributed by atoms with Crippen molar-refractivity contribution in [2.24, 2.45) is 5.73 Å². The Hall–Kier alpha value is -1.26. The van der Waals surface area contributed by atoms with E-state index < -0.39 is 0 Å². The first kappa shape index (κ1) is 14.2. The molecule has 0 saturated carbocycles. The third kappa shape index (κ3) is 2.19. The SMILES string of the molecule is COc1cc(C2(CCN)COC2)c(OC)c(C)c1C. The van der Waals surface area contributed by atoms with Crippen LogP contribution in [0.4, 0.5) is 0 Å². The summed E-state index contributed by atoms with van der Waals surface area (Å²) >= 11 is 0. The van der Waals surface area contributed by atoms with Gasteiger partial charge in [-0.25, -0.2) is 0 Å². The van der Waals surface area contributed by atoms with Crippen LogP contribution in [0.1, 0.15) is 23.1 Å². The summed E-state index contributed by atoms with van der Waals surface area (Å²) in [4.78, 5) is 0. The van der Waals surface area contributed by atoms with E-state index in [0.717, 1.165) is 34.6 Å². The van der Waals surface area contributed by atoms with E-state index >= 15 is 0 Å². The molecule has 4 nitrogen and oxygen atoms in total. The van der Waals surface area contributed by atoms with Gasteiger partial charge in [-0.05, 0) is 44.0 Å². The van der Waals surface area contributed by atoms with E-state index in [0.29, 0.717) is 19.8 Å². The van der Waals surface area contributed by atoms with Crippen LogP contribution in [0.2, 0.25) is 0 Å². The molecule has 4 heteroatoms. The smallest absolute Gasteiger partial charge is 0.126 e. The number of hydrogen-bond donors (Lipinski definition) is 1. The van der Waals surface area contributed by atoms with E-state index in [4.69, 9.17) is 19.9 Å². The molecule has 0 bridgehead atoms. The van der Waals surface area contributed by atoms with Crippen molar-refractivity contribution in [3.63, 3.8) is 0 Å². The molecule has 1 heterocycles. The number of nitrogens with two attached hydrogens (primary N) is 1. The summed E-state index contributed by atoms with van der Waals surface area (Å²) in [6.45, 7) is 6.16. The minimum atomic E-state index is -0.0220. The fourth-order valence-electron chi connectivity index (χ4n) is 2.79. The quantitative estimate of drug-likeness (QED) is 0.884. The lowest BCUT2D eigenvalue weighted by Gasteiger charge is -2.43. The lowest BCUT2D eigenvalue weighted by atomic mass is 9.74. The highest BCUT2D eigenvalue weighted by Crippen LogP contribution is 2.45. The van der Waals surface area contributed by atoms with Crippen LogP contribution in [-0.4, -0.2) is 34.0 Å². The van der Waals surface area contributed by atoms with Crippen molar-refractivity contribution < 1.29 is 14.2 Å². The van der Waals surface area contributed by atoms with Crippen molar-refractivity contribution in [3.8, 4) is 11.5 Å². The largest absolute Gasteiger partial charge is 0.496 e. The molecule has 0 amide bonds. The summed E-state index contributed by atoms with van der Waals surface area (Å²) in [5.74, 6) is 1.84. The molecule has 0 aromatic heterocycles. The number of methoxy groups -OCH3 is 2. The Balaban J connectivity index is 2.57. The molecule has 2 rings (SSSR count). The molecule has 1 aliphatic rings. The van der Waals surface area contributed by atoms with Gasteiger partial charge in [0, 0.05) is 11.0 Å². The molecule has 0 radical (unpaired) electrons. The van der Waals surface area contributed by atoms with E-state index in [1.54, 1.807) is 14.2 Å². The molecule has 1 aromatic rings. The maximum Gasteiger partial charge on any atom is 0.126 e. The average Bonchev–Trinajstić information content (AvgIpc) is 2.37. The lowest BCUT2D eigenvalue weighted by Crippen LogP contribution is -2.48. The minimum absolute atomic E-state index is 0.0220. The first-order valence-electron chi connectivity index (χ1n) is 6.60. The summed E-state index contributed by atoms with van der Waals surface area (Å²) in [5, 5.41) is 0. The second kappa shape index (κ2) is 5.39. The van der Waals surface area contributed by atoms with Crippen LogP contribution < -0.4 is 15.2 Å². The zero-order valence-electron chi connectivity index (χ0n) is 12.2. The van der Waals surface area contributed by atoms with Gasteiger partial charge < -0.3 is 19.9 Å². The Morgan fingerprint density at radius 3 is 2.32 bits per heavy atom. The summed E-state index contributed by atoms with van der Waals surface area (Å²) in [7, 11) is 3.42. The van der Waals surface area contributed by atoms with Gasteiger partial charge in [0.05, 0.1) is 27.4 Å². The molecular weight excluding hydrogens is 242 g/mol. The number of ether oxygens (including phenoxy) is 3. The summed E-state index contributed by atoms with van der Waals surface area (Å²) in [6.07, 6.45) is 0.898.